The summed E-state index contributed by atoms with van der Waals surface area (Å²) in [6, 6.07) is 21.0. The fourth-order valence-corrected chi connectivity index (χ4v) is 3.33. The number of urea groups is 1. The van der Waals surface area contributed by atoms with Crippen LogP contribution < -0.4 is 26.0 Å². The molecule has 190 valence electrons. The highest BCUT2D eigenvalue weighted by atomic mass is 19.4. The summed E-state index contributed by atoms with van der Waals surface area (Å²) in [5.74, 6) is 1.26. The summed E-state index contributed by atoms with van der Waals surface area (Å²) in [7, 11) is 0. The summed E-state index contributed by atoms with van der Waals surface area (Å²) in [6.07, 6.45) is -4.88. The molecule has 0 unspecified atom stereocenters. The molecule has 0 spiro atoms. The normalized spacial score (nSPS) is 10.9. The van der Waals surface area contributed by atoms with E-state index in [0.717, 1.165) is 17.3 Å². The Kier molecular flexibility index (Phi) is 7.42. The van der Waals surface area contributed by atoms with Gasteiger partial charge in [0.05, 0.1) is 5.69 Å². The number of aromatic nitrogens is 2. The molecule has 8 nitrogen and oxygen atoms in total. The lowest BCUT2D eigenvalue weighted by Crippen LogP contribution is -2.22. The molecule has 0 aliphatic rings. The Balaban J connectivity index is 1.38. The number of nitrogens with one attached hydrogen (secondary N) is 4. The average molecular weight is 509 g/mol. The van der Waals surface area contributed by atoms with Crippen LogP contribution in [0.2, 0.25) is 0 Å². The van der Waals surface area contributed by atoms with Gasteiger partial charge in [0.15, 0.2) is 5.75 Å². The lowest BCUT2D eigenvalue weighted by Gasteiger charge is -2.14. The van der Waals surface area contributed by atoms with E-state index >= 15 is 0 Å². The van der Waals surface area contributed by atoms with Crippen LogP contribution in [0.3, 0.4) is 0 Å². The zero-order chi connectivity index (χ0) is 26.4. The molecule has 4 rings (SSSR count). The van der Waals surface area contributed by atoms with E-state index in [0.29, 0.717) is 28.8 Å². The molecule has 0 aliphatic carbocycles. The third-order valence-corrected chi connectivity index (χ3v) is 4.94. The van der Waals surface area contributed by atoms with Crippen molar-refractivity contribution < 1.29 is 22.7 Å². The zero-order valence-electron chi connectivity index (χ0n) is 19.9. The molecular weight excluding hydrogens is 485 g/mol. The second-order valence-electron chi connectivity index (χ2n) is 8.00. The molecule has 4 N–H and O–H groups in total. The minimum absolute atomic E-state index is 0.121. The van der Waals surface area contributed by atoms with Crippen LogP contribution in [0.1, 0.15) is 11.4 Å². The van der Waals surface area contributed by atoms with Crippen molar-refractivity contribution in [2.24, 2.45) is 0 Å². The molecule has 11 heteroatoms. The highest BCUT2D eigenvalue weighted by Crippen LogP contribution is 2.30. The number of para-hydroxylation sites is 2. The number of benzene rings is 3. The largest absolute Gasteiger partial charge is 0.573 e. The number of nitrogens with zero attached hydrogens (tertiary/aromatic N) is 2. The van der Waals surface area contributed by atoms with Crippen molar-refractivity contribution in [2.45, 2.75) is 20.2 Å². The summed E-state index contributed by atoms with van der Waals surface area (Å²) >= 11 is 0. The van der Waals surface area contributed by atoms with Gasteiger partial charge in [-0.2, -0.15) is 0 Å². The first-order valence-electron chi connectivity index (χ1n) is 11.1. The quantitative estimate of drug-likeness (QED) is 0.212. The van der Waals surface area contributed by atoms with Crippen molar-refractivity contribution >= 4 is 40.4 Å². The lowest BCUT2D eigenvalue weighted by molar-refractivity contribution is -0.274. The van der Waals surface area contributed by atoms with Crippen LogP contribution in [0.15, 0.2) is 78.9 Å². The van der Waals surface area contributed by atoms with E-state index in [1.807, 2.05) is 31.2 Å². The highest BCUT2D eigenvalue weighted by Gasteiger charge is 2.32. The van der Waals surface area contributed by atoms with Crippen LogP contribution in [0.5, 0.6) is 5.75 Å². The molecule has 3 aromatic carbocycles. The van der Waals surface area contributed by atoms with E-state index in [-0.39, 0.29) is 5.69 Å². The topological polar surface area (TPSA) is 100 Å². The summed E-state index contributed by atoms with van der Waals surface area (Å²) in [6.45, 7) is 3.80. The molecule has 37 heavy (non-hydrogen) atoms. The number of carbonyl (C=O) groups is 1. The summed E-state index contributed by atoms with van der Waals surface area (Å²) in [4.78, 5) is 21.1. The van der Waals surface area contributed by atoms with Gasteiger partial charge in [0, 0.05) is 23.1 Å². The van der Waals surface area contributed by atoms with Gasteiger partial charge in [-0.05, 0) is 62.4 Å². The summed E-state index contributed by atoms with van der Waals surface area (Å²) < 4.78 is 41.7. The number of rotatable bonds is 7. The van der Waals surface area contributed by atoms with Gasteiger partial charge in [0.1, 0.15) is 17.5 Å². The number of amides is 2. The van der Waals surface area contributed by atoms with E-state index in [9.17, 15) is 18.0 Å². The fraction of sp³-hybridized carbons (Fsp3) is 0.115. The van der Waals surface area contributed by atoms with E-state index in [1.54, 1.807) is 37.3 Å². The second-order valence-corrected chi connectivity index (χ2v) is 8.00. The minimum atomic E-state index is -4.88. The van der Waals surface area contributed by atoms with Gasteiger partial charge in [0.25, 0.3) is 0 Å². The van der Waals surface area contributed by atoms with Crippen molar-refractivity contribution in [3.8, 4) is 5.75 Å². The van der Waals surface area contributed by atoms with Crippen LogP contribution in [-0.2, 0) is 0 Å². The number of carbonyl (C=O) groups excluding carboxylic acids is 1. The number of anilines is 6. The first kappa shape index (κ1) is 25.3. The Labute approximate surface area is 210 Å². The number of hydrogen-bond acceptors (Lipinski definition) is 6. The average Bonchev–Trinajstić information content (AvgIpc) is 2.82. The third-order valence-electron chi connectivity index (χ3n) is 4.94. The molecule has 4 aromatic rings. The van der Waals surface area contributed by atoms with Gasteiger partial charge in [-0.3, -0.25) is 0 Å². The maximum Gasteiger partial charge on any atom is 0.573 e. The van der Waals surface area contributed by atoms with Crippen LogP contribution in [0.4, 0.5) is 52.4 Å². The smallest absolute Gasteiger partial charge is 0.404 e. The van der Waals surface area contributed by atoms with Gasteiger partial charge in [-0.15, -0.1) is 13.2 Å². The van der Waals surface area contributed by atoms with Crippen LogP contribution >= 0.6 is 0 Å². The van der Waals surface area contributed by atoms with Gasteiger partial charge in [0.2, 0.25) is 0 Å². The minimum Gasteiger partial charge on any atom is -0.404 e. The fourth-order valence-electron chi connectivity index (χ4n) is 3.33. The molecule has 1 heterocycles. The van der Waals surface area contributed by atoms with Gasteiger partial charge >= 0.3 is 12.4 Å². The first-order chi connectivity index (χ1) is 17.6. The van der Waals surface area contributed by atoms with E-state index in [4.69, 9.17) is 0 Å². The Morgan fingerprint density at radius 3 is 1.89 bits per heavy atom. The maximum atomic E-state index is 12.6. The number of hydrogen-bond donors (Lipinski definition) is 4. The molecule has 0 bridgehead atoms. The van der Waals surface area contributed by atoms with Gasteiger partial charge in [-0.25, -0.2) is 14.8 Å². The van der Waals surface area contributed by atoms with Gasteiger partial charge in [-0.1, -0.05) is 29.8 Å². The number of ether oxygens (including phenoxy) is 1. The number of aryl methyl sites for hydroxylation is 2. The number of alkyl halides is 3. The van der Waals surface area contributed by atoms with E-state index in [2.05, 4.69) is 36.0 Å². The predicted molar refractivity (Wildman–Crippen MR) is 137 cm³/mol. The predicted octanol–water partition coefficient (Wildman–Crippen LogP) is 7.12. The Morgan fingerprint density at radius 2 is 1.30 bits per heavy atom. The standard InChI is InChI=1S/C26H23F3N6O2/c1-16-7-9-18(10-8-16)32-23-15-24(31-17(2)30-23)33-19-11-13-20(14-12-19)34-25(36)35-21-5-3-4-6-22(21)37-26(27,28)29/h3-15H,1-2H3,(H2,34,35,36)(H2,30,31,32,33). The molecule has 1 aromatic heterocycles. The molecule has 0 saturated heterocycles. The van der Waals surface area contributed by atoms with E-state index in [1.165, 1.54) is 18.2 Å². The number of halogens is 3. The molecule has 0 fully saturated rings. The van der Waals surface area contributed by atoms with Crippen molar-refractivity contribution in [3.05, 3.63) is 90.3 Å². The SMILES string of the molecule is Cc1ccc(Nc2cc(Nc3ccc(NC(=O)Nc4ccccc4OC(F)(F)F)cc3)nc(C)n2)cc1. The molecule has 0 aliphatic heterocycles. The van der Waals surface area contributed by atoms with Crippen LogP contribution in [0, 0.1) is 13.8 Å². The lowest BCUT2D eigenvalue weighted by atomic mass is 10.2. The second kappa shape index (κ2) is 10.9. The Hall–Kier alpha value is -4.80. The third kappa shape index (κ3) is 7.59. The first-order valence-corrected chi connectivity index (χ1v) is 11.1. The molecule has 0 atom stereocenters. The Morgan fingerprint density at radius 1 is 0.757 bits per heavy atom. The van der Waals surface area contributed by atoms with E-state index < -0.39 is 18.1 Å². The van der Waals surface area contributed by atoms with Gasteiger partial charge < -0.3 is 26.0 Å². The highest BCUT2D eigenvalue weighted by molar-refractivity contribution is 6.00. The van der Waals surface area contributed by atoms with Crippen molar-refractivity contribution in [1.29, 1.82) is 0 Å². The van der Waals surface area contributed by atoms with Crippen molar-refractivity contribution in [3.63, 3.8) is 0 Å². The molecular formula is C26H23F3N6O2. The monoisotopic (exact) mass is 508 g/mol. The van der Waals surface area contributed by atoms with Crippen molar-refractivity contribution in [2.75, 3.05) is 21.3 Å². The summed E-state index contributed by atoms with van der Waals surface area (Å²) in [5, 5.41) is 11.4. The van der Waals surface area contributed by atoms with Crippen LogP contribution in [-0.4, -0.2) is 22.4 Å². The maximum absolute atomic E-state index is 12.6. The molecule has 0 radical (unpaired) electrons. The summed E-state index contributed by atoms with van der Waals surface area (Å²) in [5.41, 5.74) is 3.07. The Bertz CT molecular complexity index is 1380. The zero-order valence-corrected chi connectivity index (χ0v) is 19.9. The van der Waals surface area contributed by atoms with Crippen LogP contribution in [0.25, 0.3) is 0 Å². The molecule has 2 amide bonds. The van der Waals surface area contributed by atoms with Crippen molar-refractivity contribution in [1.82, 2.24) is 9.97 Å². The molecule has 0 saturated carbocycles.